The Morgan fingerprint density at radius 1 is 1.22 bits per heavy atom. The molecule has 2 heterocycles. The minimum atomic E-state index is -0.791. The lowest BCUT2D eigenvalue weighted by Gasteiger charge is -2.37. The van der Waals surface area contributed by atoms with Crippen molar-refractivity contribution < 1.29 is 19.4 Å². The van der Waals surface area contributed by atoms with Crippen LogP contribution in [0.25, 0.3) is 0 Å². The third-order valence-corrected chi connectivity index (χ3v) is 4.83. The van der Waals surface area contributed by atoms with Gasteiger partial charge in [-0.3, -0.25) is 9.78 Å². The molecule has 6 heteroatoms. The van der Waals surface area contributed by atoms with Gasteiger partial charge in [0.1, 0.15) is 0 Å². The van der Waals surface area contributed by atoms with E-state index in [0.717, 1.165) is 17.5 Å². The number of benzene rings is 1. The standard InChI is InChI=1S/C21H22ClNO4/c22-18-8-5-4-7-17(18)21-26-14-16(6-2-1-3-9-19(24)25)20(27-21)15-10-12-23-13-11-15/h1-2,4-5,7-8,10-13,16,20-21H,3,6,9,14H2,(H,24,25)/b2-1-. The molecule has 0 saturated carbocycles. The van der Waals surface area contributed by atoms with Gasteiger partial charge in [0.25, 0.3) is 0 Å². The maximum absolute atomic E-state index is 10.6. The van der Waals surface area contributed by atoms with Gasteiger partial charge in [-0.25, -0.2) is 0 Å². The van der Waals surface area contributed by atoms with E-state index in [4.69, 9.17) is 26.2 Å². The Hall–Kier alpha value is -2.21. The fourth-order valence-electron chi connectivity index (χ4n) is 3.10. The normalized spacial score (nSPS) is 22.8. The summed E-state index contributed by atoms with van der Waals surface area (Å²) in [5, 5.41) is 9.34. The van der Waals surface area contributed by atoms with Crippen molar-refractivity contribution in [1.82, 2.24) is 4.98 Å². The van der Waals surface area contributed by atoms with Crippen molar-refractivity contribution in [2.45, 2.75) is 31.7 Å². The van der Waals surface area contributed by atoms with Crippen LogP contribution in [0.1, 0.15) is 42.8 Å². The Morgan fingerprint density at radius 3 is 2.74 bits per heavy atom. The van der Waals surface area contributed by atoms with Crippen LogP contribution in [0, 0.1) is 5.92 Å². The Morgan fingerprint density at radius 2 is 2.00 bits per heavy atom. The summed E-state index contributed by atoms with van der Waals surface area (Å²) in [4.78, 5) is 14.7. The van der Waals surface area contributed by atoms with Crippen molar-refractivity contribution in [3.63, 3.8) is 0 Å². The van der Waals surface area contributed by atoms with Crippen LogP contribution in [0.15, 0.2) is 60.9 Å². The molecular formula is C21H22ClNO4. The van der Waals surface area contributed by atoms with Crippen molar-refractivity contribution >= 4 is 17.6 Å². The predicted octanol–water partition coefficient (Wildman–Crippen LogP) is 4.95. The molecule has 1 aliphatic heterocycles. The molecular weight excluding hydrogens is 366 g/mol. The molecule has 0 amide bonds. The van der Waals surface area contributed by atoms with E-state index in [2.05, 4.69) is 4.98 Å². The van der Waals surface area contributed by atoms with E-state index in [1.165, 1.54) is 0 Å². The first-order valence-electron chi connectivity index (χ1n) is 8.93. The summed E-state index contributed by atoms with van der Waals surface area (Å²) in [6, 6.07) is 11.4. The second kappa shape index (κ2) is 9.65. The average molecular weight is 388 g/mol. The molecule has 3 atom stereocenters. The molecule has 2 aromatic rings. The van der Waals surface area contributed by atoms with Crippen LogP contribution >= 0.6 is 11.6 Å². The van der Waals surface area contributed by atoms with Crippen molar-refractivity contribution in [3.8, 4) is 0 Å². The summed E-state index contributed by atoms with van der Waals surface area (Å²) in [6.45, 7) is 0.520. The molecule has 142 valence electrons. The van der Waals surface area contributed by atoms with Crippen molar-refractivity contribution in [1.29, 1.82) is 0 Å². The number of halogens is 1. The number of carbonyl (C=O) groups is 1. The molecule has 1 aliphatic rings. The molecule has 0 aliphatic carbocycles. The minimum Gasteiger partial charge on any atom is -0.481 e. The van der Waals surface area contributed by atoms with Crippen LogP contribution in [0.2, 0.25) is 5.02 Å². The van der Waals surface area contributed by atoms with Gasteiger partial charge in [0.2, 0.25) is 0 Å². The van der Waals surface area contributed by atoms with Gasteiger partial charge < -0.3 is 14.6 Å². The Kier molecular flexibility index (Phi) is 6.98. The van der Waals surface area contributed by atoms with Gasteiger partial charge in [0.15, 0.2) is 6.29 Å². The third kappa shape index (κ3) is 5.39. The molecule has 1 aromatic heterocycles. The quantitative estimate of drug-likeness (QED) is 0.681. The van der Waals surface area contributed by atoms with Gasteiger partial charge in [-0.15, -0.1) is 0 Å². The molecule has 0 radical (unpaired) electrons. The number of carboxylic acids is 1. The van der Waals surface area contributed by atoms with E-state index >= 15 is 0 Å². The Bertz CT molecular complexity index is 781. The van der Waals surface area contributed by atoms with Gasteiger partial charge in [-0.05, 0) is 36.6 Å². The lowest BCUT2D eigenvalue weighted by molar-refractivity contribution is -0.243. The van der Waals surface area contributed by atoms with Crippen LogP contribution in [0.4, 0.5) is 0 Å². The zero-order valence-electron chi connectivity index (χ0n) is 14.8. The number of nitrogens with zero attached hydrogens (tertiary/aromatic N) is 1. The highest BCUT2D eigenvalue weighted by Gasteiger charge is 2.33. The molecule has 1 aromatic carbocycles. The van der Waals surface area contributed by atoms with E-state index in [1.54, 1.807) is 12.4 Å². The fourth-order valence-corrected chi connectivity index (χ4v) is 3.33. The molecule has 3 unspecified atom stereocenters. The van der Waals surface area contributed by atoms with Crippen LogP contribution < -0.4 is 0 Å². The number of carboxylic acid groups (broad SMARTS) is 1. The smallest absolute Gasteiger partial charge is 0.303 e. The first-order chi connectivity index (χ1) is 13.1. The summed E-state index contributed by atoms with van der Waals surface area (Å²) >= 11 is 6.30. The lowest BCUT2D eigenvalue weighted by atomic mass is 9.92. The van der Waals surface area contributed by atoms with Gasteiger partial charge in [-0.2, -0.15) is 0 Å². The highest BCUT2D eigenvalue weighted by atomic mass is 35.5. The number of hydrogen-bond acceptors (Lipinski definition) is 4. The van der Waals surface area contributed by atoms with Crippen LogP contribution in [-0.4, -0.2) is 22.7 Å². The van der Waals surface area contributed by atoms with Crippen molar-refractivity contribution in [2.24, 2.45) is 5.92 Å². The van der Waals surface area contributed by atoms with E-state index in [0.29, 0.717) is 18.1 Å². The Labute approximate surface area is 163 Å². The fraction of sp³-hybridized carbons (Fsp3) is 0.333. The monoisotopic (exact) mass is 387 g/mol. The second-order valence-corrected chi connectivity index (χ2v) is 6.83. The van der Waals surface area contributed by atoms with E-state index < -0.39 is 12.3 Å². The molecule has 1 N–H and O–H groups in total. The van der Waals surface area contributed by atoms with Crippen molar-refractivity contribution in [3.05, 3.63) is 77.1 Å². The maximum Gasteiger partial charge on any atom is 0.303 e. The van der Waals surface area contributed by atoms with E-state index in [9.17, 15) is 4.79 Å². The number of ether oxygens (including phenoxy) is 2. The minimum absolute atomic E-state index is 0.118. The SMILES string of the molecule is O=C(O)CC/C=C\CC1COC(c2ccccc2Cl)OC1c1ccncc1. The first kappa shape index (κ1) is 19.5. The van der Waals surface area contributed by atoms with Gasteiger partial charge >= 0.3 is 5.97 Å². The zero-order chi connectivity index (χ0) is 19.1. The molecule has 0 bridgehead atoms. The number of pyridine rings is 1. The average Bonchev–Trinajstić information content (AvgIpc) is 2.69. The van der Waals surface area contributed by atoms with E-state index in [-0.39, 0.29) is 18.4 Å². The van der Waals surface area contributed by atoms with Crippen LogP contribution in [-0.2, 0) is 14.3 Å². The molecule has 1 fully saturated rings. The summed E-state index contributed by atoms with van der Waals surface area (Å²) in [5.74, 6) is -0.673. The largest absolute Gasteiger partial charge is 0.481 e. The Balaban J connectivity index is 1.72. The molecule has 3 rings (SSSR count). The number of allylic oxidation sites excluding steroid dienone is 2. The highest BCUT2D eigenvalue weighted by molar-refractivity contribution is 6.31. The van der Waals surface area contributed by atoms with Crippen LogP contribution in [0.3, 0.4) is 0 Å². The topological polar surface area (TPSA) is 68.7 Å². The highest BCUT2D eigenvalue weighted by Crippen LogP contribution is 2.41. The molecule has 27 heavy (non-hydrogen) atoms. The number of aromatic nitrogens is 1. The second-order valence-electron chi connectivity index (χ2n) is 6.42. The van der Waals surface area contributed by atoms with Gasteiger partial charge in [-0.1, -0.05) is 42.0 Å². The maximum atomic E-state index is 10.6. The summed E-state index contributed by atoms with van der Waals surface area (Å²) in [6.07, 6.45) is 8.11. The van der Waals surface area contributed by atoms with Crippen LogP contribution in [0.5, 0.6) is 0 Å². The van der Waals surface area contributed by atoms with Gasteiger partial charge in [0, 0.05) is 35.3 Å². The molecule has 0 spiro atoms. The number of aliphatic carboxylic acids is 1. The number of rotatable bonds is 7. The van der Waals surface area contributed by atoms with Crippen molar-refractivity contribution in [2.75, 3.05) is 6.61 Å². The first-order valence-corrected chi connectivity index (χ1v) is 9.31. The predicted molar refractivity (Wildman–Crippen MR) is 102 cm³/mol. The lowest BCUT2D eigenvalue weighted by Crippen LogP contribution is -2.30. The van der Waals surface area contributed by atoms with E-state index in [1.807, 2.05) is 48.6 Å². The summed E-state index contributed by atoms with van der Waals surface area (Å²) < 4.78 is 12.2. The summed E-state index contributed by atoms with van der Waals surface area (Å²) in [7, 11) is 0. The third-order valence-electron chi connectivity index (χ3n) is 4.48. The van der Waals surface area contributed by atoms with Gasteiger partial charge in [0.05, 0.1) is 12.7 Å². The molecule has 1 saturated heterocycles. The molecule has 5 nitrogen and oxygen atoms in total. The zero-order valence-corrected chi connectivity index (χ0v) is 15.6. The number of hydrogen-bond donors (Lipinski definition) is 1. The summed E-state index contributed by atoms with van der Waals surface area (Å²) in [5.41, 5.74) is 1.85.